The van der Waals surface area contributed by atoms with Gasteiger partial charge in [0.05, 0.1) is 0 Å². The van der Waals surface area contributed by atoms with Crippen LogP contribution in [0.5, 0.6) is 0 Å². The highest BCUT2D eigenvalue weighted by molar-refractivity contribution is 5.36. The zero-order valence-electron chi connectivity index (χ0n) is 11.2. The molecule has 1 N–H and O–H groups in total. The van der Waals surface area contributed by atoms with Crippen LogP contribution in [0.3, 0.4) is 0 Å². The molecule has 94 valence electrons. The van der Waals surface area contributed by atoms with Gasteiger partial charge in [-0.15, -0.1) is 0 Å². The van der Waals surface area contributed by atoms with Crippen molar-refractivity contribution in [3.8, 4) is 0 Å². The minimum Gasteiger partial charge on any atom is -0.367 e. The molecule has 0 radical (unpaired) electrons. The molecule has 3 nitrogen and oxygen atoms in total. The summed E-state index contributed by atoms with van der Waals surface area (Å²) >= 11 is 0. The predicted molar refractivity (Wildman–Crippen MR) is 71.1 cm³/mol. The molecule has 0 saturated heterocycles. The van der Waals surface area contributed by atoms with E-state index in [1.165, 1.54) is 25.7 Å². The van der Waals surface area contributed by atoms with Crippen molar-refractivity contribution in [2.24, 2.45) is 5.41 Å². The Morgan fingerprint density at radius 1 is 1.29 bits per heavy atom. The lowest BCUT2D eigenvalue weighted by molar-refractivity contribution is 0.232. The first kappa shape index (κ1) is 12.3. The summed E-state index contributed by atoms with van der Waals surface area (Å²) in [6.07, 6.45) is 7.73. The molecule has 0 bridgehead atoms. The minimum atomic E-state index is 0.526. The van der Waals surface area contributed by atoms with E-state index in [2.05, 4.69) is 42.1 Å². The summed E-state index contributed by atoms with van der Waals surface area (Å²) in [5.74, 6) is 0.988. The zero-order valence-corrected chi connectivity index (χ0v) is 11.2. The summed E-state index contributed by atoms with van der Waals surface area (Å²) in [4.78, 5) is 8.52. The number of aryl methyl sites for hydroxylation is 1. The molecule has 1 aliphatic carbocycles. The van der Waals surface area contributed by atoms with Gasteiger partial charge < -0.3 is 5.32 Å². The van der Waals surface area contributed by atoms with Crippen LogP contribution in [-0.4, -0.2) is 16.0 Å². The monoisotopic (exact) mass is 233 g/mol. The zero-order chi connectivity index (χ0) is 12.3. The fourth-order valence-electron chi connectivity index (χ4n) is 2.42. The highest BCUT2D eigenvalue weighted by Crippen LogP contribution is 2.35. The molecular weight excluding hydrogens is 210 g/mol. The van der Waals surface area contributed by atoms with Crippen molar-refractivity contribution in [2.45, 2.75) is 58.9 Å². The highest BCUT2D eigenvalue weighted by atomic mass is 15.0. The molecule has 0 aliphatic heterocycles. The Bertz CT molecular complexity index is 363. The molecule has 17 heavy (non-hydrogen) atoms. The molecule has 3 heteroatoms. The van der Waals surface area contributed by atoms with Gasteiger partial charge in [-0.3, -0.25) is 0 Å². The Hall–Kier alpha value is -1.12. The van der Waals surface area contributed by atoms with E-state index in [0.29, 0.717) is 11.5 Å². The summed E-state index contributed by atoms with van der Waals surface area (Å²) in [5.41, 5.74) is 1.64. The molecule has 1 fully saturated rings. The molecule has 1 heterocycles. The van der Waals surface area contributed by atoms with E-state index in [-0.39, 0.29) is 0 Å². The average Bonchev–Trinajstić information content (AvgIpc) is 2.32. The third-order valence-electron chi connectivity index (χ3n) is 3.78. The van der Waals surface area contributed by atoms with Crippen molar-refractivity contribution < 1.29 is 0 Å². The molecule has 1 aromatic rings. The Balaban J connectivity index is 1.93. The number of hydrogen-bond donors (Lipinski definition) is 1. The van der Waals surface area contributed by atoms with E-state index < -0.39 is 0 Å². The summed E-state index contributed by atoms with van der Waals surface area (Å²) in [6.45, 7) is 6.85. The fourth-order valence-corrected chi connectivity index (χ4v) is 2.42. The maximum atomic E-state index is 4.30. The van der Waals surface area contributed by atoms with Crippen LogP contribution in [0.1, 0.15) is 52.1 Å². The summed E-state index contributed by atoms with van der Waals surface area (Å²) in [6, 6.07) is 2.65. The van der Waals surface area contributed by atoms with Crippen LogP contribution in [0.15, 0.2) is 12.4 Å². The summed E-state index contributed by atoms with van der Waals surface area (Å²) < 4.78 is 0. The quantitative estimate of drug-likeness (QED) is 0.869. The molecule has 0 aromatic carbocycles. The Labute approximate surface area is 104 Å². The molecule has 0 unspecified atom stereocenters. The Morgan fingerprint density at radius 2 is 2.00 bits per heavy atom. The molecule has 1 saturated carbocycles. The van der Waals surface area contributed by atoms with Gasteiger partial charge in [0.2, 0.25) is 0 Å². The van der Waals surface area contributed by atoms with Gasteiger partial charge in [-0.1, -0.05) is 20.8 Å². The standard InChI is InChI=1S/C14H23N3/c1-4-11-9-13(16-10-15-11)17-12-5-7-14(2,3)8-6-12/h9-10,12H,4-8H2,1-3H3,(H,15,16,17). The SMILES string of the molecule is CCc1cc(NC2CCC(C)(C)CC2)ncn1. The molecule has 0 spiro atoms. The van der Waals surface area contributed by atoms with Gasteiger partial charge in [-0.25, -0.2) is 9.97 Å². The van der Waals surface area contributed by atoms with Gasteiger partial charge in [-0.2, -0.15) is 0 Å². The van der Waals surface area contributed by atoms with Crippen molar-refractivity contribution in [3.63, 3.8) is 0 Å². The van der Waals surface area contributed by atoms with Crippen LogP contribution in [0.4, 0.5) is 5.82 Å². The van der Waals surface area contributed by atoms with Crippen LogP contribution in [0, 0.1) is 5.41 Å². The lowest BCUT2D eigenvalue weighted by Crippen LogP contribution is -2.30. The number of aromatic nitrogens is 2. The fraction of sp³-hybridized carbons (Fsp3) is 0.714. The molecular formula is C14H23N3. The average molecular weight is 233 g/mol. The predicted octanol–water partition coefficient (Wildman–Crippen LogP) is 3.42. The maximum Gasteiger partial charge on any atom is 0.129 e. The first-order valence-corrected chi connectivity index (χ1v) is 6.66. The third kappa shape index (κ3) is 3.42. The van der Waals surface area contributed by atoms with Gasteiger partial charge in [-0.05, 0) is 37.5 Å². The topological polar surface area (TPSA) is 37.8 Å². The molecule has 1 aromatic heterocycles. The third-order valence-corrected chi connectivity index (χ3v) is 3.78. The molecule has 1 aliphatic rings. The maximum absolute atomic E-state index is 4.30. The van der Waals surface area contributed by atoms with Gasteiger partial charge in [0.15, 0.2) is 0 Å². The number of nitrogens with one attached hydrogen (secondary N) is 1. The van der Waals surface area contributed by atoms with E-state index in [1.54, 1.807) is 6.33 Å². The molecule has 0 amide bonds. The van der Waals surface area contributed by atoms with E-state index >= 15 is 0 Å². The van der Waals surface area contributed by atoms with E-state index in [0.717, 1.165) is 17.9 Å². The number of nitrogens with zero attached hydrogens (tertiary/aromatic N) is 2. The summed E-state index contributed by atoms with van der Waals surface area (Å²) in [5, 5.41) is 3.54. The Morgan fingerprint density at radius 3 is 2.65 bits per heavy atom. The van der Waals surface area contributed by atoms with Crippen LogP contribution in [0.2, 0.25) is 0 Å². The van der Waals surface area contributed by atoms with Crippen molar-refractivity contribution in [1.82, 2.24) is 9.97 Å². The van der Waals surface area contributed by atoms with Crippen LogP contribution in [0.25, 0.3) is 0 Å². The minimum absolute atomic E-state index is 0.526. The first-order chi connectivity index (χ1) is 8.09. The van der Waals surface area contributed by atoms with Gasteiger partial charge in [0, 0.05) is 17.8 Å². The number of anilines is 1. The molecule has 0 atom stereocenters. The van der Waals surface area contributed by atoms with E-state index in [4.69, 9.17) is 0 Å². The van der Waals surface area contributed by atoms with Gasteiger partial charge in [0.25, 0.3) is 0 Å². The lowest BCUT2D eigenvalue weighted by atomic mass is 9.75. The summed E-state index contributed by atoms with van der Waals surface area (Å²) in [7, 11) is 0. The van der Waals surface area contributed by atoms with Crippen molar-refractivity contribution >= 4 is 5.82 Å². The first-order valence-electron chi connectivity index (χ1n) is 6.66. The van der Waals surface area contributed by atoms with Crippen LogP contribution >= 0.6 is 0 Å². The Kier molecular flexibility index (Phi) is 3.65. The van der Waals surface area contributed by atoms with Gasteiger partial charge in [0.1, 0.15) is 12.1 Å². The van der Waals surface area contributed by atoms with Crippen molar-refractivity contribution in [2.75, 3.05) is 5.32 Å². The van der Waals surface area contributed by atoms with Gasteiger partial charge >= 0.3 is 0 Å². The normalized spacial score (nSPS) is 20.2. The van der Waals surface area contributed by atoms with Crippen LogP contribution in [-0.2, 0) is 6.42 Å². The second-order valence-electron chi connectivity index (χ2n) is 5.83. The van der Waals surface area contributed by atoms with Crippen LogP contribution < -0.4 is 5.32 Å². The van der Waals surface area contributed by atoms with E-state index in [9.17, 15) is 0 Å². The number of rotatable bonds is 3. The van der Waals surface area contributed by atoms with E-state index in [1.807, 2.05) is 0 Å². The largest absolute Gasteiger partial charge is 0.367 e. The smallest absolute Gasteiger partial charge is 0.129 e. The second kappa shape index (κ2) is 5.03. The lowest BCUT2D eigenvalue weighted by Gasteiger charge is -2.34. The highest BCUT2D eigenvalue weighted by Gasteiger charge is 2.26. The number of hydrogen-bond acceptors (Lipinski definition) is 3. The van der Waals surface area contributed by atoms with Crippen molar-refractivity contribution in [3.05, 3.63) is 18.1 Å². The van der Waals surface area contributed by atoms with Crippen molar-refractivity contribution in [1.29, 1.82) is 0 Å². The molecule has 2 rings (SSSR count). The second-order valence-corrected chi connectivity index (χ2v) is 5.83.